The fourth-order valence-electron chi connectivity index (χ4n) is 1.44. The lowest BCUT2D eigenvalue weighted by Gasteiger charge is -2.05. The van der Waals surface area contributed by atoms with Crippen LogP contribution in [0.5, 0.6) is 0 Å². The van der Waals surface area contributed by atoms with Crippen molar-refractivity contribution in [1.82, 2.24) is 15.1 Å². The number of hydrogen-bond donors (Lipinski definition) is 2. The molecule has 0 atom stereocenters. The summed E-state index contributed by atoms with van der Waals surface area (Å²) in [5.41, 5.74) is 5.46. The van der Waals surface area contributed by atoms with Crippen LogP contribution >= 0.6 is 11.8 Å². The number of nitrogen functional groups attached to an aromatic ring is 1. The van der Waals surface area contributed by atoms with Crippen molar-refractivity contribution < 1.29 is 4.79 Å². The number of carbonyl (C=O) groups is 1. The lowest BCUT2D eigenvalue weighted by Crippen LogP contribution is -2.28. The summed E-state index contributed by atoms with van der Waals surface area (Å²) < 4.78 is 1.54. The summed E-state index contributed by atoms with van der Waals surface area (Å²) in [5.74, 6) is 1.62. The normalized spacial score (nSPS) is 10.4. The molecule has 1 aromatic rings. The molecule has 0 saturated carbocycles. The Morgan fingerprint density at radius 3 is 3.00 bits per heavy atom. The molecule has 1 heterocycles. The van der Waals surface area contributed by atoms with Crippen LogP contribution in [0.25, 0.3) is 0 Å². The highest BCUT2D eigenvalue weighted by atomic mass is 32.2. The summed E-state index contributed by atoms with van der Waals surface area (Å²) >= 11 is 1.86. The summed E-state index contributed by atoms with van der Waals surface area (Å²) in [6.45, 7) is 0.978. The van der Waals surface area contributed by atoms with Crippen molar-refractivity contribution in [3.05, 3.63) is 12.3 Å². The van der Waals surface area contributed by atoms with Gasteiger partial charge in [0.05, 0.1) is 0 Å². The molecule has 1 amide bonds. The third kappa shape index (κ3) is 6.21. The number of hydrogen-bond acceptors (Lipinski definition) is 4. The third-order valence-electron chi connectivity index (χ3n) is 2.31. The van der Waals surface area contributed by atoms with Gasteiger partial charge in [0, 0.05) is 12.7 Å². The van der Waals surface area contributed by atoms with Gasteiger partial charge < -0.3 is 11.1 Å². The number of carbonyl (C=O) groups excluding carboxylic acids is 1. The van der Waals surface area contributed by atoms with Crippen LogP contribution in [0.15, 0.2) is 12.3 Å². The molecular formula is C11H20N4OS. The summed E-state index contributed by atoms with van der Waals surface area (Å²) in [4.78, 5) is 11.5. The van der Waals surface area contributed by atoms with Gasteiger partial charge in [-0.1, -0.05) is 6.42 Å². The number of aromatic nitrogens is 2. The monoisotopic (exact) mass is 256 g/mol. The minimum atomic E-state index is -0.0158. The average Bonchev–Trinajstić information content (AvgIpc) is 2.69. The van der Waals surface area contributed by atoms with Crippen molar-refractivity contribution in [2.75, 3.05) is 24.3 Å². The van der Waals surface area contributed by atoms with E-state index >= 15 is 0 Å². The fraction of sp³-hybridized carbons (Fsp3) is 0.636. The van der Waals surface area contributed by atoms with Crippen LogP contribution in [0.3, 0.4) is 0 Å². The van der Waals surface area contributed by atoms with Crippen LogP contribution in [0, 0.1) is 0 Å². The van der Waals surface area contributed by atoms with Crippen molar-refractivity contribution >= 4 is 23.5 Å². The number of amides is 1. The molecule has 0 bridgehead atoms. The Morgan fingerprint density at radius 1 is 1.53 bits per heavy atom. The van der Waals surface area contributed by atoms with Crippen LogP contribution in [-0.2, 0) is 11.3 Å². The Hall–Kier alpha value is -1.17. The summed E-state index contributed by atoms with van der Waals surface area (Å²) in [7, 11) is 0. The molecule has 17 heavy (non-hydrogen) atoms. The third-order valence-corrected chi connectivity index (χ3v) is 3.01. The zero-order valence-electron chi connectivity index (χ0n) is 10.2. The topological polar surface area (TPSA) is 72.9 Å². The maximum absolute atomic E-state index is 11.5. The van der Waals surface area contributed by atoms with Crippen molar-refractivity contribution in [2.45, 2.75) is 25.8 Å². The first kappa shape index (κ1) is 13.9. The Labute approximate surface area is 106 Å². The SMILES string of the molecule is CSCCCCCNC(=O)Cn1ccc(N)n1. The van der Waals surface area contributed by atoms with E-state index < -0.39 is 0 Å². The van der Waals surface area contributed by atoms with Gasteiger partial charge in [0.2, 0.25) is 5.91 Å². The molecule has 0 spiro atoms. The van der Waals surface area contributed by atoms with E-state index in [9.17, 15) is 4.79 Å². The first-order chi connectivity index (χ1) is 8.22. The smallest absolute Gasteiger partial charge is 0.241 e. The number of unbranched alkanes of at least 4 members (excludes halogenated alkanes) is 2. The van der Waals surface area contributed by atoms with Gasteiger partial charge in [-0.25, -0.2) is 0 Å². The first-order valence-corrected chi connectivity index (χ1v) is 7.16. The molecule has 3 N–H and O–H groups in total. The predicted molar refractivity (Wildman–Crippen MR) is 71.9 cm³/mol. The maximum atomic E-state index is 11.5. The van der Waals surface area contributed by atoms with E-state index in [1.54, 1.807) is 16.9 Å². The van der Waals surface area contributed by atoms with E-state index in [1.165, 1.54) is 12.2 Å². The second-order valence-electron chi connectivity index (χ2n) is 3.84. The van der Waals surface area contributed by atoms with Crippen molar-refractivity contribution in [1.29, 1.82) is 0 Å². The number of nitrogens with zero attached hydrogens (tertiary/aromatic N) is 2. The fourth-order valence-corrected chi connectivity index (χ4v) is 1.94. The lowest BCUT2D eigenvalue weighted by atomic mass is 10.2. The van der Waals surface area contributed by atoms with Crippen molar-refractivity contribution in [2.24, 2.45) is 0 Å². The number of nitrogens with two attached hydrogens (primary N) is 1. The van der Waals surface area contributed by atoms with E-state index in [1.807, 2.05) is 11.8 Å². The zero-order valence-corrected chi connectivity index (χ0v) is 11.0. The molecule has 0 saturated heterocycles. The quantitative estimate of drug-likeness (QED) is 0.684. The van der Waals surface area contributed by atoms with E-state index in [4.69, 9.17) is 5.73 Å². The van der Waals surface area contributed by atoms with Gasteiger partial charge in [0.25, 0.3) is 0 Å². The van der Waals surface area contributed by atoms with Crippen LogP contribution in [0.4, 0.5) is 5.82 Å². The molecule has 1 aromatic heterocycles. The molecule has 6 heteroatoms. The number of nitrogens with one attached hydrogen (secondary N) is 1. The Kier molecular flexibility index (Phi) is 6.54. The highest BCUT2D eigenvalue weighted by molar-refractivity contribution is 7.98. The average molecular weight is 256 g/mol. The molecule has 0 aromatic carbocycles. The molecule has 1 rings (SSSR count). The molecule has 0 aliphatic rings. The second kappa shape index (κ2) is 8.00. The van der Waals surface area contributed by atoms with Gasteiger partial charge in [-0.15, -0.1) is 0 Å². The second-order valence-corrected chi connectivity index (χ2v) is 4.83. The standard InChI is InChI=1S/C11H20N4OS/c1-17-8-4-2-3-6-13-11(16)9-15-7-5-10(12)14-15/h5,7H,2-4,6,8-9H2,1H3,(H2,12,14)(H,13,16). The van der Waals surface area contributed by atoms with E-state index in [-0.39, 0.29) is 12.5 Å². The summed E-state index contributed by atoms with van der Waals surface area (Å²) in [5, 5.41) is 6.82. The Morgan fingerprint density at radius 2 is 2.35 bits per heavy atom. The molecule has 96 valence electrons. The largest absolute Gasteiger partial charge is 0.382 e. The number of rotatable bonds is 8. The number of thioether (sulfide) groups is 1. The van der Waals surface area contributed by atoms with Crippen LogP contribution in [0.2, 0.25) is 0 Å². The Bertz CT molecular complexity index is 340. The van der Waals surface area contributed by atoms with E-state index in [0.29, 0.717) is 5.82 Å². The van der Waals surface area contributed by atoms with Gasteiger partial charge in [0.1, 0.15) is 12.4 Å². The van der Waals surface area contributed by atoms with Crippen LogP contribution in [-0.4, -0.2) is 34.2 Å². The maximum Gasteiger partial charge on any atom is 0.241 e. The molecule has 0 unspecified atom stereocenters. The molecule has 0 radical (unpaired) electrons. The van der Waals surface area contributed by atoms with Crippen molar-refractivity contribution in [3.63, 3.8) is 0 Å². The highest BCUT2D eigenvalue weighted by Crippen LogP contribution is 2.01. The molecular weight excluding hydrogens is 236 g/mol. The molecule has 0 aliphatic carbocycles. The van der Waals surface area contributed by atoms with E-state index in [0.717, 1.165) is 19.4 Å². The van der Waals surface area contributed by atoms with Crippen molar-refractivity contribution in [3.8, 4) is 0 Å². The van der Waals surface area contributed by atoms with Crippen LogP contribution < -0.4 is 11.1 Å². The van der Waals surface area contributed by atoms with Gasteiger partial charge in [-0.3, -0.25) is 9.48 Å². The minimum Gasteiger partial charge on any atom is -0.382 e. The van der Waals surface area contributed by atoms with Gasteiger partial charge in [0.15, 0.2) is 0 Å². The van der Waals surface area contributed by atoms with Gasteiger partial charge >= 0.3 is 0 Å². The minimum absolute atomic E-state index is 0.0158. The molecule has 5 nitrogen and oxygen atoms in total. The highest BCUT2D eigenvalue weighted by Gasteiger charge is 2.02. The lowest BCUT2D eigenvalue weighted by molar-refractivity contribution is -0.121. The summed E-state index contributed by atoms with van der Waals surface area (Å²) in [6.07, 6.45) is 7.22. The molecule has 0 aliphatic heterocycles. The Balaban J connectivity index is 2.05. The van der Waals surface area contributed by atoms with Gasteiger partial charge in [-0.2, -0.15) is 16.9 Å². The summed E-state index contributed by atoms with van der Waals surface area (Å²) in [6, 6.07) is 1.68. The van der Waals surface area contributed by atoms with E-state index in [2.05, 4.69) is 16.7 Å². The van der Waals surface area contributed by atoms with Gasteiger partial charge in [-0.05, 0) is 30.9 Å². The van der Waals surface area contributed by atoms with Crippen LogP contribution in [0.1, 0.15) is 19.3 Å². The predicted octanol–water partition coefficient (Wildman–Crippen LogP) is 1.11. The zero-order chi connectivity index (χ0) is 12.5. The first-order valence-electron chi connectivity index (χ1n) is 5.77. The molecule has 0 fully saturated rings. The number of anilines is 1.